The molecule has 0 aliphatic carbocycles. The van der Waals surface area contributed by atoms with E-state index in [1.165, 1.54) is 71.8 Å². The van der Waals surface area contributed by atoms with E-state index in [0.29, 0.717) is 0 Å². The van der Waals surface area contributed by atoms with Gasteiger partial charge in [0.1, 0.15) is 0 Å². The van der Waals surface area contributed by atoms with Crippen molar-refractivity contribution in [2.75, 3.05) is 11.9 Å². The highest BCUT2D eigenvalue weighted by Crippen LogP contribution is 2.34. The van der Waals surface area contributed by atoms with E-state index in [-0.39, 0.29) is 13.0 Å². The Kier molecular flexibility index (Phi) is 11.8. The van der Waals surface area contributed by atoms with Gasteiger partial charge in [0, 0.05) is 12.7 Å². The lowest BCUT2D eigenvalue weighted by atomic mass is 10.0. The number of hydrogen-bond donors (Lipinski definition) is 0. The molecule has 0 fully saturated rings. The molecule has 0 bridgehead atoms. The highest BCUT2D eigenvalue weighted by atomic mass is 32.2. The maximum absolute atomic E-state index is 11.0. The van der Waals surface area contributed by atoms with Crippen molar-refractivity contribution in [1.29, 1.82) is 0 Å². The molecule has 0 amide bonds. The largest absolute Gasteiger partial charge is 0.288 e. The second kappa shape index (κ2) is 15.1. The number of hydrogen-bond acceptors (Lipinski definition) is 2. The number of unbranched alkanes of at least 4 members (excludes halogenated alkanes) is 4. The van der Waals surface area contributed by atoms with Gasteiger partial charge in [-0.2, -0.15) is 0 Å². The van der Waals surface area contributed by atoms with Crippen LogP contribution in [0, 0.1) is 0 Å². The molecule has 1 nitrogen and oxygen atoms in total. The normalized spacial score (nSPS) is 11.1. The Bertz CT molecular complexity index is 885. The lowest BCUT2D eigenvalue weighted by Gasteiger charge is -2.18. The Balaban J connectivity index is 1.34. The first kappa shape index (κ1) is 25.7. The van der Waals surface area contributed by atoms with Crippen molar-refractivity contribution in [1.82, 2.24) is 0 Å². The first-order valence-electron chi connectivity index (χ1n) is 12.3. The topological polar surface area (TPSA) is 17.1 Å². The van der Waals surface area contributed by atoms with Crippen LogP contribution in [-0.2, 0) is 17.6 Å². The Hall–Kier alpha value is -1.89. The predicted molar refractivity (Wildman–Crippen MR) is 149 cm³/mol. The molecule has 0 atom stereocenters. The van der Waals surface area contributed by atoms with Crippen LogP contribution in [0.1, 0.15) is 56.6 Å². The summed E-state index contributed by atoms with van der Waals surface area (Å²) in [5, 5.41) is 3.22. The average molecular weight is 477 g/mol. The van der Waals surface area contributed by atoms with Crippen molar-refractivity contribution in [3.63, 3.8) is 0 Å². The molecule has 0 spiro atoms. The second-order valence-corrected chi connectivity index (χ2v) is 12.2. The fourth-order valence-electron chi connectivity index (χ4n) is 4.10. The summed E-state index contributed by atoms with van der Waals surface area (Å²) in [5.41, 5.74) is 2.88. The maximum atomic E-state index is 11.0. The zero-order valence-corrected chi connectivity index (χ0v) is 21.6. The first-order chi connectivity index (χ1) is 16.2. The number of benzene rings is 3. The third kappa shape index (κ3) is 9.86. The van der Waals surface area contributed by atoms with Gasteiger partial charge in [-0.3, -0.25) is 4.79 Å². The maximum Gasteiger partial charge on any atom is 0.185 e. The van der Waals surface area contributed by atoms with Crippen molar-refractivity contribution in [3.8, 4) is 0 Å². The van der Waals surface area contributed by atoms with Gasteiger partial charge in [-0.1, -0.05) is 110 Å². The minimum Gasteiger partial charge on any atom is -0.288 e. The number of aryl methyl sites for hydroxylation is 2. The standard InChI is InChI=1S/C30H37OPS/c1-26(31)33-25-13-11-15-28-22-20-27(21-23-28)14-6-2-3-12-24-32(29-16-7-4-8-17-29)30-18-9-5-10-19-30/h4-5,7-10,16-23H,2-3,6,11-15,24-25H2,1H3. The zero-order chi connectivity index (χ0) is 23.1. The van der Waals surface area contributed by atoms with E-state index < -0.39 is 0 Å². The lowest BCUT2D eigenvalue weighted by molar-refractivity contribution is -0.109. The van der Waals surface area contributed by atoms with E-state index in [9.17, 15) is 4.79 Å². The molecular formula is C30H37OPS. The molecule has 0 saturated heterocycles. The van der Waals surface area contributed by atoms with E-state index in [0.717, 1.165) is 25.0 Å². The number of rotatable bonds is 14. The predicted octanol–water partition coefficient (Wildman–Crippen LogP) is 7.52. The Morgan fingerprint density at radius 1 is 0.636 bits per heavy atom. The molecule has 33 heavy (non-hydrogen) atoms. The summed E-state index contributed by atoms with van der Waals surface area (Å²) in [7, 11) is -0.249. The molecule has 0 heterocycles. The number of carbonyl (C=O) groups is 1. The molecule has 3 heteroatoms. The van der Waals surface area contributed by atoms with Crippen molar-refractivity contribution in [2.45, 2.75) is 58.3 Å². The van der Waals surface area contributed by atoms with Crippen LogP contribution in [0.15, 0.2) is 84.9 Å². The van der Waals surface area contributed by atoms with Crippen LogP contribution in [0.25, 0.3) is 0 Å². The first-order valence-corrected chi connectivity index (χ1v) is 14.8. The Labute approximate surface area is 206 Å². The molecular weight excluding hydrogens is 439 g/mol. The minimum absolute atomic E-state index is 0.229. The SMILES string of the molecule is CC(=O)SCCCCc1ccc(CCCCCCP(c2ccccc2)c2ccccc2)cc1. The van der Waals surface area contributed by atoms with Crippen LogP contribution >= 0.6 is 19.7 Å². The quantitative estimate of drug-likeness (QED) is 0.177. The fourth-order valence-corrected chi connectivity index (χ4v) is 7.15. The molecule has 0 aliphatic rings. The summed E-state index contributed by atoms with van der Waals surface area (Å²) in [6, 6.07) is 31.3. The van der Waals surface area contributed by atoms with E-state index >= 15 is 0 Å². The highest BCUT2D eigenvalue weighted by molar-refractivity contribution is 8.13. The molecule has 0 radical (unpaired) electrons. The van der Waals surface area contributed by atoms with Gasteiger partial charge in [0.25, 0.3) is 0 Å². The zero-order valence-electron chi connectivity index (χ0n) is 19.9. The summed E-state index contributed by atoms with van der Waals surface area (Å²) in [6.45, 7) is 1.65. The fraction of sp³-hybridized carbons (Fsp3) is 0.367. The van der Waals surface area contributed by atoms with Crippen molar-refractivity contribution in [2.24, 2.45) is 0 Å². The number of thioether (sulfide) groups is 1. The van der Waals surface area contributed by atoms with Crippen molar-refractivity contribution < 1.29 is 4.79 Å². The molecule has 0 N–H and O–H groups in total. The van der Waals surface area contributed by atoms with Gasteiger partial charge in [0.15, 0.2) is 5.12 Å². The summed E-state index contributed by atoms with van der Waals surface area (Å²) in [6.07, 6.45) is 11.1. The minimum atomic E-state index is -0.249. The van der Waals surface area contributed by atoms with Crippen molar-refractivity contribution in [3.05, 3.63) is 96.1 Å². The van der Waals surface area contributed by atoms with Crippen LogP contribution in [0.4, 0.5) is 0 Å². The third-order valence-corrected chi connectivity index (χ3v) is 9.43. The van der Waals surface area contributed by atoms with Crippen LogP contribution in [0.2, 0.25) is 0 Å². The summed E-state index contributed by atoms with van der Waals surface area (Å²) >= 11 is 1.44. The molecule has 0 aromatic heterocycles. The van der Waals surface area contributed by atoms with Gasteiger partial charge in [0.2, 0.25) is 0 Å². The molecule has 3 aromatic carbocycles. The lowest BCUT2D eigenvalue weighted by Crippen LogP contribution is -2.13. The average Bonchev–Trinajstić information content (AvgIpc) is 2.85. The Morgan fingerprint density at radius 2 is 1.12 bits per heavy atom. The summed E-state index contributed by atoms with van der Waals surface area (Å²) < 4.78 is 0. The van der Waals surface area contributed by atoms with Gasteiger partial charge in [-0.25, -0.2) is 0 Å². The highest BCUT2D eigenvalue weighted by Gasteiger charge is 2.12. The van der Waals surface area contributed by atoms with Crippen LogP contribution < -0.4 is 10.6 Å². The number of carbonyl (C=O) groups excluding carboxylic acids is 1. The van der Waals surface area contributed by atoms with Crippen LogP contribution in [0.5, 0.6) is 0 Å². The van der Waals surface area contributed by atoms with Crippen molar-refractivity contribution >= 4 is 35.4 Å². The van der Waals surface area contributed by atoms with Crippen LogP contribution in [0.3, 0.4) is 0 Å². The van der Waals surface area contributed by atoms with Gasteiger partial charge in [0.05, 0.1) is 0 Å². The monoisotopic (exact) mass is 476 g/mol. The second-order valence-electron chi connectivity index (χ2n) is 8.60. The van der Waals surface area contributed by atoms with Gasteiger partial charge < -0.3 is 0 Å². The molecule has 174 valence electrons. The molecule has 0 unspecified atom stereocenters. The molecule has 0 aliphatic heterocycles. The molecule has 3 rings (SSSR count). The molecule has 0 saturated carbocycles. The summed E-state index contributed by atoms with van der Waals surface area (Å²) in [4.78, 5) is 11.0. The summed E-state index contributed by atoms with van der Waals surface area (Å²) in [5.74, 6) is 0.950. The van der Waals surface area contributed by atoms with E-state index in [1.54, 1.807) is 6.92 Å². The van der Waals surface area contributed by atoms with E-state index in [4.69, 9.17) is 0 Å². The van der Waals surface area contributed by atoms with Gasteiger partial charge in [-0.05, 0) is 74.3 Å². The van der Waals surface area contributed by atoms with Gasteiger partial charge in [-0.15, -0.1) is 0 Å². The van der Waals surface area contributed by atoms with E-state index in [2.05, 4.69) is 84.9 Å². The van der Waals surface area contributed by atoms with Crippen LogP contribution in [-0.4, -0.2) is 17.0 Å². The molecule has 3 aromatic rings. The third-order valence-electron chi connectivity index (χ3n) is 5.92. The van der Waals surface area contributed by atoms with E-state index in [1.807, 2.05) is 0 Å². The smallest absolute Gasteiger partial charge is 0.185 e. The van der Waals surface area contributed by atoms with Gasteiger partial charge >= 0.3 is 0 Å². The Morgan fingerprint density at radius 3 is 1.64 bits per heavy atom.